The number of esters is 1. The van der Waals surface area contributed by atoms with E-state index in [0.29, 0.717) is 29.4 Å². The van der Waals surface area contributed by atoms with Crippen molar-refractivity contribution < 1.29 is 23.9 Å². The Hall–Kier alpha value is -2.76. The molecule has 1 heterocycles. The molecule has 0 atom stereocenters. The highest BCUT2D eigenvalue weighted by atomic mass is 16.6. The van der Waals surface area contributed by atoms with Gasteiger partial charge in [0.2, 0.25) is 0 Å². The molecule has 1 N–H and O–H groups in total. The number of hydrogen-bond acceptors (Lipinski definition) is 6. The number of oxime groups is 1. The molecular weight excluding hydrogens is 298 g/mol. The lowest BCUT2D eigenvalue weighted by Gasteiger charge is -2.24. The van der Waals surface area contributed by atoms with Gasteiger partial charge in [0, 0.05) is 5.56 Å². The Morgan fingerprint density at radius 2 is 1.96 bits per heavy atom. The molecular formula is C17H19NO5. The fourth-order valence-electron chi connectivity index (χ4n) is 1.98. The maximum atomic E-state index is 11.8. The van der Waals surface area contributed by atoms with Crippen LogP contribution in [0.1, 0.15) is 32.1 Å². The SMILES string of the molecule is CCOC(=O)C(C)(C)Oc1ccc(/C(=N\O)c2ccco2)cc1. The smallest absolute Gasteiger partial charge is 0.349 e. The Bertz CT molecular complexity index is 672. The van der Waals surface area contributed by atoms with Crippen molar-refractivity contribution >= 4 is 11.7 Å². The molecule has 0 bridgehead atoms. The van der Waals surface area contributed by atoms with Gasteiger partial charge in [-0.05, 0) is 57.2 Å². The minimum atomic E-state index is -1.09. The zero-order chi connectivity index (χ0) is 16.9. The number of furan rings is 1. The van der Waals surface area contributed by atoms with Gasteiger partial charge in [-0.3, -0.25) is 0 Å². The molecule has 0 saturated carbocycles. The summed E-state index contributed by atoms with van der Waals surface area (Å²) in [5.74, 6) is 0.522. The largest absolute Gasteiger partial charge is 0.476 e. The molecule has 6 nitrogen and oxygen atoms in total. The van der Waals surface area contributed by atoms with Crippen LogP contribution in [0.2, 0.25) is 0 Å². The molecule has 0 aliphatic heterocycles. The number of carbonyl (C=O) groups excluding carboxylic acids is 1. The van der Waals surface area contributed by atoms with E-state index in [2.05, 4.69) is 5.16 Å². The van der Waals surface area contributed by atoms with E-state index in [0.717, 1.165) is 0 Å². The van der Waals surface area contributed by atoms with E-state index in [1.54, 1.807) is 57.2 Å². The van der Waals surface area contributed by atoms with E-state index in [-0.39, 0.29) is 0 Å². The first-order chi connectivity index (χ1) is 11.0. The number of nitrogens with zero attached hydrogens (tertiary/aromatic N) is 1. The van der Waals surface area contributed by atoms with Crippen LogP contribution in [0, 0.1) is 0 Å². The van der Waals surface area contributed by atoms with Crippen LogP contribution < -0.4 is 4.74 Å². The first-order valence-electron chi connectivity index (χ1n) is 7.20. The number of benzene rings is 1. The Labute approximate surface area is 134 Å². The van der Waals surface area contributed by atoms with E-state index in [4.69, 9.17) is 13.9 Å². The molecule has 0 saturated heterocycles. The molecule has 2 aromatic rings. The van der Waals surface area contributed by atoms with Crippen LogP contribution in [0.5, 0.6) is 5.75 Å². The van der Waals surface area contributed by atoms with Gasteiger partial charge in [0.25, 0.3) is 0 Å². The second-order valence-electron chi connectivity index (χ2n) is 5.28. The minimum absolute atomic E-state index is 0.296. The van der Waals surface area contributed by atoms with Crippen molar-refractivity contribution in [2.24, 2.45) is 5.16 Å². The fourth-order valence-corrected chi connectivity index (χ4v) is 1.98. The van der Waals surface area contributed by atoms with Crippen LogP contribution >= 0.6 is 0 Å². The number of carbonyl (C=O) groups is 1. The molecule has 1 aromatic carbocycles. The highest BCUT2D eigenvalue weighted by Crippen LogP contribution is 2.21. The maximum Gasteiger partial charge on any atom is 0.349 e. The Balaban J connectivity index is 2.15. The van der Waals surface area contributed by atoms with Gasteiger partial charge >= 0.3 is 5.97 Å². The summed E-state index contributed by atoms with van der Waals surface area (Å²) in [4.78, 5) is 11.8. The lowest BCUT2D eigenvalue weighted by atomic mass is 10.1. The molecule has 0 aliphatic carbocycles. The summed E-state index contributed by atoms with van der Waals surface area (Å²) < 4.78 is 15.9. The van der Waals surface area contributed by atoms with Crippen molar-refractivity contribution in [3.8, 4) is 5.75 Å². The molecule has 0 amide bonds. The second-order valence-corrected chi connectivity index (χ2v) is 5.28. The number of rotatable bonds is 6. The van der Waals surface area contributed by atoms with Crippen LogP contribution in [-0.4, -0.2) is 29.1 Å². The van der Waals surface area contributed by atoms with Crippen LogP contribution in [0.15, 0.2) is 52.2 Å². The first-order valence-corrected chi connectivity index (χ1v) is 7.20. The van der Waals surface area contributed by atoms with E-state index in [1.807, 2.05) is 0 Å². The summed E-state index contributed by atoms with van der Waals surface area (Å²) in [6.45, 7) is 5.32. The predicted molar refractivity (Wildman–Crippen MR) is 83.9 cm³/mol. The summed E-state index contributed by atoms with van der Waals surface area (Å²) >= 11 is 0. The highest BCUT2D eigenvalue weighted by Gasteiger charge is 2.31. The average molecular weight is 317 g/mol. The zero-order valence-electron chi connectivity index (χ0n) is 13.3. The van der Waals surface area contributed by atoms with Crippen LogP contribution in [0.25, 0.3) is 0 Å². The lowest BCUT2D eigenvalue weighted by Crippen LogP contribution is -2.39. The van der Waals surface area contributed by atoms with E-state index in [1.165, 1.54) is 6.26 Å². The molecule has 0 unspecified atom stereocenters. The molecule has 6 heteroatoms. The summed E-state index contributed by atoms with van der Waals surface area (Å²) in [7, 11) is 0. The van der Waals surface area contributed by atoms with Gasteiger partial charge < -0.3 is 19.1 Å². The van der Waals surface area contributed by atoms with Gasteiger partial charge in [0.15, 0.2) is 17.1 Å². The third-order valence-electron chi connectivity index (χ3n) is 3.12. The third kappa shape index (κ3) is 3.91. The van der Waals surface area contributed by atoms with Crippen molar-refractivity contribution in [1.82, 2.24) is 0 Å². The van der Waals surface area contributed by atoms with Gasteiger partial charge in [-0.1, -0.05) is 5.16 Å². The van der Waals surface area contributed by atoms with E-state index >= 15 is 0 Å². The van der Waals surface area contributed by atoms with Crippen LogP contribution in [0.3, 0.4) is 0 Å². The zero-order valence-corrected chi connectivity index (χ0v) is 13.3. The minimum Gasteiger partial charge on any atom is -0.476 e. The summed E-state index contributed by atoms with van der Waals surface area (Å²) in [6.07, 6.45) is 1.50. The molecule has 23 heavy (non-hydrogen) atoms. The van der Waals surface area contributed by atoms with Crippen molar-refractivity contribution in [3.63, 3.8) is 0 Å². The van der Waals surface area contributed by atoms with E-state index in [9.17, 15) is 10.0 Å². The summed E-state index contributed by atoms with van der Waals surface area (Å²) in [5.41, 5.74) is -0.123. The fraction of sp³-hybridized carbons (Fsp3) is 0.294. The van der Waals surface area contributed by atoms with Crippen molar-refractivity contribution in [2.75, 3.05) is 6.61 Å². The topological polar surface area (TPSA) is 81.3 Å². The van der Waals surface area contributed by atoms with Crippen LogP contribution in [0.4, 0.5) is 0 Å². The van der Waals surface area contributed by atoms with Gasteiger partial charge in [-0.2, -0.15) is 0 Å². The van der Waals surface area contributed by atoms with Crippen molar-refractivity contribution in [1.29, 1.82) is 0 Å². The van der Waals surface area contributed by atoms with E-state index < -0.39 is 11.6 Å². The Kier molecular flexibility index (Phi) is 5.05. The van der Waals surface area contributed by atoms with Gasteiger partial charge in [0.1, 0.15) is 5.75 Å². The predicted octanol–water partition coefficient (Wildman–Crippen LogP) is 3.23. The van der Waals surface area contributed by atoms with Crippen molar-refractivity contribution in [2.45, 2.75) is 26.4 Å². The standard InChI is InChI=1S/C17H19NO5/c1-4-21-16(19)17(2,3)23-13-9-7-12(8-10-13)15(18-20)14-6-5-11-22-14/h5-11,20H,4H2,1-3H3/b18-15+. The Morgan fingerprint density at radius 1 is 1.26 bits per heavy atom. The molecule has 0 radical (unpaired) electrons. The van der Waals surface area contributed by atoms with Crippen molar-refractivity contribution in [3.05, 3.63) is 54.0 Å². The monoisotopic (exact) mass is 317 g/mol. The quantitative estimate of drug-likeness (QED) is 0.383. The molecule has 0 fully saturated rings. The second kappa shape index (κ2) is 7.00. The van der Waals surface area contributed by atoms with Gasteiger partial charge in [0.05, 0.1) is 12.9 Å². The normalized spacial score (nSPS) is 12.0. The first kappa shape index (κ1) is 16.6. The van der Waals surface area contributed by atoms with Crippen LogP contribution in [-0.2, 0) is 9.53 Å². The summed E-state index contributed by atoms with van der Waals surface area (Å²) in [5, 5.41) is 12.4. The maximum absolute atomic E-state index is 11.8. The lowest BCUT2D eigenvalue weighted by molar-refractivity contribution is -0.158. The highest BCUT2D eigenvalue weighted by molar-refractivity contribution is 6.10. The van der Waals surface area contributed by atoms with Gasteiger partial charge in [-0.25, -0.2) is 4.79 Å². The average Bonchev–Trinajstić information content (AvgIpc) is 3.04. The molecule has 0 aliphatic rings. The molecule has 122 valence electrons. The summed E-state index contributed by atoms with van der Waals surface area (Å²) in [6, 6.07) is 10.2. The number of hydrogen-bond donors (Lipinski definition) is 1. The Morgan fingerprint density at radius 3 is 2.48 bits per heavy atom. The van der Waals surface area contributed by atoms with Gasteiger partial charge in [-0.15, -0.1) is 0 Å². The number of ether oxygens (including phenoxy) is 2. The third-order valence-corrected chi connectivity index (χ3v) is 3.12. The molecule has 1 aromatic heterocycles. The molecule has 0 spiro atoms. The molecule has 2 rings (SSSR count).